The molecule has 0 bridgehead atoms. The van der Waals surface area contributed by atoms with E-state index in [1.165, 1.54) is 0 Å². The number of rotatable bonds is 4. The van der Waals surface area contributed by atoms with Crippen molar-refractivity contribution in [2.45, 2.75) is 117 Å². The third-order valence-corrected chi connectivity index (χ3v) is 12.2. The SMILES string of the molecule is CC(C)(C)c1cc2c(c(C(C)(C)C)c1)OP1(OCC(F)(F)F)(OC(c3ccccc3)=C(c3ccccc3)O1)Oc1c(cc(C(C)(C)C)cc1C(C)(C)C)C2. The molecule has 2 heterocycles. The fourth-order valence-corrected chi connectivity index (χ4v) is 9.46. The molecule has 2 aliphatic rings. The Morgan fingerprint density at radius 3 is 1.20 bits per heavy atom. The summed E-state index contributed by atoms with van der Waals surface area (Å²) in [6, 6.07) is 26.6. The molecule has 0 fully saturated rings. The van der Waals surface area contributed by atoms with Crippen molar-refractivity contribution in [1.29, 1.82) is 0 Å². The molecule has 2 aliphatic heterocycles. The van der Waals surface area contributed by atoms with Gasteiger partial charge in [0.25, 0.3) is 0 Å². The van der Waals surface area contributed by atoms with Gasteiger partial charge in [0.15, 0.2) is 0 Å². The molecule has 9 heteroatoms. The molecule has 0 aromatic heterocycles. The molecular weight excluding hydrogens is 708 g/mol. The molecule has 54 heavy (non-hydrogen) atoms. The summed E-state index contributed by atoms with van der Waals surface area (Å²) >= 11 is 0. The van der Waals surface area contributed by atoms with Crippen molar-refractivity contribution in [3.8, 4) is 11.5 Å². The van der Waals surface area contributed by atoms with Crippen LogP contribution < -0.4 is 9.05 Å². The van der Waals surface area contributed by atoms with Crippen molar-refractivity contribution < 1.29 is 35.8 Å². The van der Waals surface area contributed by atoms with Gasteiger partial charge in [-0.1, -0.05) is 0 Å². The third-order valence-electron chi connectivity index (χ3n) is 9.74. The van der Waals surface area contributed by atoms with Crippen molar-refractivity contribution in [1.82, 2.24) is 0 Å². The molecule has 0 atom stereocenters. The first kappa shape index (κ1) is 39.7. The molecule has 4 aromatic carbocycles. The number of alkyl halides is 3. The van der Waals surface area contributed by atoms with Gasteiger partial charge in [0, 0.05) is 0 Å². The molecule has 0 aliphatic carbocycles. The Labute approximate surface area is 319 Å². The summed E-state index contributed by atoms with van der Waals surface area (Å²) in [6.45, 7) is 23.4. The Balaban J connectivity index is 1.79. The van der Waals surface area contributed by atoms with Gasteiger partial charge in [-0.2, -0.15) is 0 Å². The van der Waals surface area contributed by atoms with E-state index in [-0.39, 0.29) is 22.3 Å². The van der Waals surface area contributed by atoms with Crippen LogP contribution in [0, 0.1) is 0 Å². The molecular formula is C45H54F3O5P. The number of fused-ring (bicyclic) bond motifs is 2. The molecule has 0 saturated carbocycles. The Bertz CT molecular complexity index is 1940. The van der Waals surface area contributed by atoms with Gasteiger partial charge >= 0.3 is 320 Å². The van der Waals surface area contributed by atoms with E-state index in [1.54, 1.807) is 0 Å². The maximum atomic E-state index is 14.6. The summed E-state index contributed by atoms with van der Waals surface area (Å²) in [7, 11) is -5.94. The van der Waals surface area contributed by atoms with E-state index in [4.69, 9.17) is 22.6 Å². The summed E-state index contributed by atoms with van der Waals surface area (Å²) < 4.78 is 78.1. The molecule has 4 aromatic rings. The molecule has 0 radical (unpaired) electrons. The molecule has 0 unspecified atom stereocenters. The Morgan fingerprint density at radius 2 is 0.889 bits per heavy atom. The monoisotopic (exact) mass is 762 g/mol. The molecule has 5 nitrogen and oxygen atoms in total. The minimum absolute atomic E-state index is 0.151. The zero-order valence-electron chi connectivity index (χ0n) is 33.6. The molecule has 0 N–H and O–H groups in total. The molecule has 6 rings (SSSR count). The minimum atomic E-state index is -5.94. The second-order valence-corrected chi connectivity index (χ2v) is 21.1. The van der Waals surface area contributed by atoms with Crippen LogP contribution in [0.3, 0.4) is 0 Å². The van der Waals surface area contributed by atoms with E-state index in [2.05, 4.69) is 107 Å². The summed E-state index contributed by atoms with van der Waals surface area (Å²) in [5.41, 5.74) is 4.70. The second kappa shape index (κ2) is 13.1. The van der Waals surface area contributed by atoms with Crippen LogP contribution in [0.2, 0.25) is 0 Å². The Morgan fingerprint density at radius 1 is 0.519 bits per heavy atom. The van der Waals surface area contributed by atoms with Crippen LogP contribution in [0.25, 0.3) is 11.5 Å². The van der Waals surface area contributed by atoms with Crippen molar-refractivity contribution in [3.63, 3.8) is 0 Å². The third kappa shape index (κ3) is 7.88. The zero-order valence-corrected chi connectivity index (χ0v) is 34.5. The van der Waals surface area contributed by atoms with Gasteiger partial charge in [0.1, 0.15) is 0 Å². The maximum absolute atomic E-state index is 14.6. The Hall–Kier alpha value is -4.00. The molecule has 0 amide bonds. The first-order valence-corrected chi connectivity index (χ1v) is 20.4. The predicted molar refractivity (Wildman–Crippen MR) is 213 cm³/mol. The summed E-state index contributed by atoms with van der Waals surface area (Å²) in [4.78, 5) is 0. The molecule has 1 spiro atoms. The van der Waals surface area contributed by atoms with E-state index in [1.807, 2.05) is 60.7 Å². The van der Waals surface area contributed by atoms with Gasteiger partial charge in [0.2, 0.25) is 0 Å². The van der Waals surface area contributed by atoms with Gasteiger partial charge in [-0.05, 0) is 0 Å². The number of hydrogen-bond donors (Lipinski definition) is 0. The second-order valence-electron chi connectivity index (χ2n) is 18.6. The van der Waals surface area contributed by atoms with Crippen LogP contribution >= 0.6 is 7.74 Å². The van der Waals surface area contributed by atoms with Crippen LogP contribution in [-0.4, -0.2) is 12.8 Å². The van der Waals surface area contributed by atoms with E-state index in [9.17, 15) is 13.2 Å². The van der Waals surface area contributed by atoms with E-state index >= 15 is 0 Å². The average Bonchev–Trinajstić information content (AvgIpc) is 3.39. The first-order valence-electron chi connectivity index (χ1n) is 18.5. The van der Waals surface area contributed by atoms with Crippen LogP contribution in [0.1, 0.15) is 128 Å². The molecule has 0 saturated heterocycles. The topological polar surface area (TPSA) is 46.2 Å². The quantitative estimate of drug-likeness (QED) is 0.194. The Kier molecular flexibility index (Phi) is 9.59. The van der Waals surface area contributed by atoms with Gasteiger partial charge in [-0.15, -0.1) is 0 Å². The van der Waals surface area contributed by atoms with Crippen LogP contribution in [0.15, 0.2) is 84.9 Å². The van der Waals surface area contributed by atoms with Crippen LogP contribution in [0.4, 0.5) is 13.2 Å². The van der Waals surface area contributed by atoms with Crippen LogP contribution in [0.5, 0.6) is 11.5 Å². The van der Waals surface area contributed by atoms with Gasteiger partial charge in [-0.3, -0.25) is 0 Å². The fourth-order valence-electron chi connectivity index (χ4n) is 6.66. The zero-order chi connectivity index (χ0) is 39.7. The van der Waals surface area contributed by atoms with Gasteiger partial charge < -0.3 is 0 Å². The summed E-state index contributed by atoms with van der Waals surface area (Å²) in [5, 5.41) is 0. The van der Waals surface area contributed by atoms with E-state index < -0.39 is 31.4 Å². The first-order chi connectivity index (χ1) is 24.8. The van der Waals surface area contributed by atoms with E-state index in [0.717, 1.165) is 33.4 Å². The number of hydrogen-bond acceptors (Lipinski definition) is 5. The van der Waals surface area contributed by atoms with Crippen molar-refractivity contribution in [2.75, 3.05) is 6.61 Å². The van der Waals surface area contributed by atoms with Crippen LogP contribution in [-0.2, 0) is 41.7 Å². The summed E-state index contributed by atoms with van der Waals surface area (Å²) in [6.07, 6.45) is -4.42. The summed E-state index contributed by atoms with van der Waals surface area (Å²) in [5.74, 6) is 0.942. The van der Waals surface area contributed by atoms with Crippen molar-refractivity contribution in [3.05, 3.63) is 129 Å². The van der Waals surface area contributed by atoms with E-state index in [0.29, 0.717) is 29.0 Å². The van der Waals surface area contributed by atoms with Crippen molar-refractivity contribution in [2.24, 2.45) is 0 Å². The van der Waals surface area contributed by atoms with Gasteiger partial charge in [-0.25, -0.2) is 0 Å². The normalized spacial score (nSPS) is 17.8. The average molecular weight is 763 g/mol. The van der Waals surface area contributed by atoms with Gasteiger partial charge in [0.05, 0.1) is 0 Å². The van der Waals surface area contributed by atoms with Crippen molar-refractivity contribution >= 4 is 19.3 Å². The number of halogens is 3. The number of benzene rings is 4. The fraction of sp³-hybridized carbons (Fsp3) is 0.422. The standard InChI is InChI=1S/C45H54F3O5P/c1-41(2,3)33-24-31-23-32-25-34(42(4,5)6)27-36(44(10,11)12)38(32)51-54(49-28-45(46,47)48,50-37(31)35(26-33)43(7,8)9)52-39(29-19-15-13-16-20-29)40(53-54)30-21-17-14-18-22-30/h13-22,24-27H,23,28H2,1-12H3. The predicted octanol–water partition coefficient (Wildman–Crippen LogP) is 13.5. The molecule has 290 valence electrons.